The van der Waals surface area contributed by atoms with Crippen LogP contribution in [0.5, 0.6) is 5.75 Å². The first kappa shape index (κ1) is 16.5. The minimum atomic E-state index is -0.332. The molecule has 0 spiro atoms. The first-order valence-corrected chi connectivity index (χ1v) is 8.09. The van der Waals surface area contributed by atoms with E-state index in [1.165, 1.54) is 0 Å². The van der Waals surface area contributed by atoms with Gasteiger partial charge in [0.1, 0.15) is 11.8 Å². The van der Waals surface area contributed by atoms with Crippen LogP contribution in [-0.2, 0) is 9.53 Å². The minimum absolute atomic E-state index is 0.0450. The molecule has 2 aromatic carbocycles. The van der Waals surface area contributed by atoms with E-state index in [0.29, 0.717) is 13.2 Å². The monoisotopic (exact) mass is 326 g/mol. The quantitative estimate of drug-likeness (QED) is 0.918. The summed E-state index contributed by atoms with van der Waals surface area (Å²) in [6.07, 6.45) is 0. The van der Waals surface area contributed by atoms with Crippen LogP contribution in [0.4, 0.5) is 5.69 Å². The lowest BCUT2D eigenvalue weighted by molar-refractivity contribution is -0.123. The molecule has 0 saturated carbocycles. The zero-order valence-corrected chi connectivity index (χ0v) is 13.8. The number of carbonyl (C=O) groups is 1. The molecule has 1 fully saturated rings. The van der Waals surface area contributed by atoms with E-state index in [9.17, 15) is 4.79 Å². The Morgan fingerprint density at radius 2 is 1.88 bits per heavy atom. The number of nitrogens with one attached hydrogen (secondary N) is 1. The minimum Gasteiger partial charge on any atom is -0.497 e. The third-order valence-corrected chi connectivity index (χ3v) is 4.11. The van der Waals surface area contributed by atoms with Gasteiger partial charge in [-0.15, -0.1) is 0 Å². The predicted octanol–water partition coefficient (Wildman–Crippen LogP) is 2.71. The van der Waals surface area contributed by atoms with Gasteiger partial charge in [0, 0.05) is 24.8 Å². The molecule has 1 atom stereocenters. The van der Waals surface area contributed by atoms with Gasteiger partial charge in [-0.1, -0.05) is 36.4 Å². The fraction of sp³-hybridized carbons (Fsp3) is 0.316. The van der Waals surface area contributed by atoms with Crippen LogP contribution in [-0.4, -0.2) is 44.2 Å². The molecular weight excluding hydrogens is 304 g/mol. The van der Waals surface area contributed by atoms with E-state index in [0.717, 1.165) is 30.1 Å². The maximum Gasteiger partial charge on any atom is 0.246 e. The molecule has 1 heterocycles. The fourth-order valence-electron chi connectivity index (χ4n) is 2.91. The molecule has 1 aliphatic rings. The third-order valence-electron chi connectivity index (χ3n) is 4.11. The average Bonchev–Trinajstić information content (AvgIpc) is 2.64. The summed E-state index contributed by atoms with van der Waals surface area (Å²) >= 11 is 0. The molecule has 0 aromatic heterocycles. The number of hydrogen-bond acceptors (Lipinski definition) is 4. The summed E-state index contributed by atoms with van der Waals surface area (Å²) in [7, 11) is 1.61. The Kier molecular flexibility index (Phi) is 5.46. The molecule has 1 unspecified atom stereocenters. The highest BCUT2D eigenvalue weighted by atomic mass is 16.5. The molecule has 126 valence electrons. The number of morpholine rings is 1. The van der Waals surface area contributed by atoms with Crippen molar-refractivity contribution in [2.45, 2.75) is 6.04 Å². The topological polar surface area (TPSA) is 50.8 Å². The van der Waals surface area contributed by atoms with Gasteiger partial charge in [-0.25, -0.2) is 0 Å². The van der Waals surface area contributed by atoms with Gasteiger partial charge < -0.3 is 14.8 Å². The molecule has 1 amide bonds. The van der Waals surface area contributed by atoms with Crippen LogP contribution in [0.2, 0.25) is 0 Å². The Labute approximate surface area is 142 Å². The van der Waals surface area contributed by atoms with Gasteiger partial charge in [0.2, 0.25) is 5.91 Å². The summed E-state index contributed by atoms with van der Waals surface area (Å²) in [4.78, 5) is 15.1. The van der Waals surface area contributed by atoms with Gasteiger partial charge in [0.05, 0.1) is 20.3 Å². The first-order chi connectivity index (χ1) is 11.8. The summed E-state index contributed by atoms with van der Waals surface area (Å²) in [5.74, 6) is 0.673. The first-order valence-electron chi connectivity index (χ1n) is 8.09. The smallest absolute Gasteiger partial charge is 0.246 e. The van der Waals surface area contributed by atoms with Crippen LogP contribution < -0.4 is 10.1 Å². The number of nitrogens with zero attached hydrogens (tertiary/aromatic N) is 1. The van der Waals surface area contributed by atoms with Crippen molar-refractivity contribution in [3.05, 3.63) is 60.2 Å². The Morgan fingerprint density at radius 3 is 2.58 bits per heavy atom. The third kappa shape index (κ3) is 3.93. The summed E-state index contributed by atoms with van der Waals surface area (Å²) in [5, 5.41) is 3.01. The molecule has 5 nitrogen and oxygen atoms in total. The molecule has 2 aromatic rings. The zero-order chi connectivity index (χ0) is 16.8. The number of ether oxygens (including phenoxy) is 2. The molecule has 3 rings (SSSR count). The molecule has 1 N–H and O–H groups in total. The largest absolute Gasteiger partial charge is 0.497 e. The highest BCUT2D eigenvalue weighted by Gasteiger charge is 2.29. The van der Waals surface area contributed by atoms with E-state index in [1.807, 2.05) is 54.6 Å². The number of methoxy groups -OCH3 is 1. The second-order valence-corrected chi connectivity index (χ2v) is 5.68. The normalized spacial score (nSPS) is 16.4. The van der Waals surface area contributed by atoms with Crippen LogP contribution in [0.1, 0.15) is 11.6 Å². The van der Waals surface area contributed by atoms with Crippen molar-refractivity contribution in [1.29, 1.82) is 0 Å². The van der Waals surface area contributed by atoms with Gasteiger partial charge in [0.15, 0.2) is 0 Å². The van der Waals surface area contributed by atoms with E-state index >= 15 is 0 Å². The van der Waals surface area contributed by atoms with Gasteiger partial charge >= 0.3 is 0 Å². The summed E-state index contributed by atoms with van der Waals surface area (Å²) in [6, 6.07) is 16.9. The van der Waals surface area contributed by atoms with Gasteiger partial charge in [-0.3, -0.25) is 9.69 Å². The Bertz CT molecular complexity index is 669. The Morgan fingerprint density at radius 1 is 1.12 bits per heavy atom. The second-order valence-electron chi connectivity index (χ2n) is 5.68. The molecule has 0 aliphatic carbocycles. The van der Waals surface area contributed by atoms with Crippen LogP contribution in [0.3, 0.4) is 0 Å². The van der Waals surface area contributed by atoms with Crippen molar-refractivity contribution < 1.29 is 14.3 Å². The second kappa shape index (κ2) is 7.95. The summed E-state index contributed by atoms with van der Waals surface area (Å²) < 4.78 is 10.6. The van der Waals surface area contributed by atoms with Gasteiger partial charge in [-0.2, -0.15) is 0 Å². The number of hydrogen-bond donors (Lipinski definition) is 1. The summed E-state index contributed by atoms with van der Waals surface area (Å²) in [6.45, 7) is 2.78. The molecule has 5 heteroatoms. The average molecular weight is 326 g/mol. The van der Waals surface area contributed by atoms with E-state index in [-0.39, 0.29) is 11.9 Å². The highest BCUT2D eigenvalue weighted by molar-refractivity contribution is 5.95. The van der Waals surface area contributed by atoms with Crippen molar-refractivity contribution in [2.24, 2.45) is 0 Å². The lowest BCUT2D eigenvalue weighted by atomic mass is 10.0. The Hall–Kier alpha value is -2.37. The van der Waals surface area contributed by atoms with E-state index < -0.39 is 0 Å². The lowest BCUT2D eigenvalue weighted by Crippen LogP contribution is -2.43. The van der Waals surface area contributed by atoms with Crippen LogP contribution >= 0.6 is 0 Å². The number of carbonyl (C=O) groups excluding carboxylic acids is 1. The van der Waals surface area contributed by atoms with E-state index in [1.54, 1.807) is 7.11 Å². The standard InChI is InChI=1S/C19H22N2O3/c1-23-17-9-5-8-16(14-17)20-19(22)18(15-6-3-2-4-7-15)21-10-12-24-13-11-21/h2-9,14,18H,10-13H2,1H3,(H,20,22). The predicted molar refractivity (Wildman–Crippen MR) is 93.2 cm³/mol. The summed E-state index contributed by atoms with van der Waals surface area (Å²) in [5.41, 5.74) is 1.72. The van der Waals surface area contributed by atoms with Crippen molar-refractivity contribution >= 4 is 11.6 Å². The van der Waals surface area contributed by atoms with Gasteiger partial charge in [0.25, 0.3) is 0 Å². The molecule has 0 radical (unpaired) electrons. The van der Waals surface area contributed by atoms with Gasteiger partial charge in [-0.05, 0) is 17.7 Å². The molecule has 24 heavy (non-hydrogen) atoms. The van der Waals surface area contributed by atoms with E-state index in [2.05, 4.69) is 10.2 Å². The number of rotatable bonds is 5. The lowest BCUT2D eigenvalue weighted by Gasteiger charge is -2.33. The zero-order valence-electron chi connectivity index (χ0n) is 13.8. The number of amides is 1. The molecule has 1 aliphatic heterocycles. The Balaban J connectivity index is 1.82. The van der Waals surface area contributed by atoms with E-state index in [4.69, 9.17) is 9.47 Å². The highest BCUT2D eigenvalue weighted by Crippen LogP contribution is 2.25. The maximum atomic E-state index is 13.0. The molecule has 0 bridgehead atoms. The van der Waals surface area contributed by atoms with Crippen LogP contribution in [0.15, 0.2) is 54.6 Å². The molecular formula is C19H22N2O3. The van der Waals surface area contributed by atoms with Crippen LogP contribution in [0, 0.1) is 0 Å². The van der Waals surface area contributed by atoms with Crippen LogP contribution in [0.25, 0.3) is 0 Å². The molecule has 1 saturated heterocycles. The van der Waals surface area contributed by atoms with Crippen molar-refractivity contribution in [1.82, 2.24) is 4.90 Å². The van der Waals surface area contributed by atoms with Crippen molar-refractivity contribution in [2.75, 3.05) is 38.7 Å². The number of benzene rings is 2. The fourth-order valence-corrected chi connectivity index (χ4v) is 2.91. The maximum absolute atomic E-state index is 13.0. The SMILES string of the molecule is COc1cccc(NC(=O)C(c2ccccc2)N2CCOCC2)c1. The van der Waals surface area contributed by atoms with Crippen molar-refractivity contribution in [3.8, 4) is 5.75 Å². The number of anilines is 1. The van der Waals surface area contributed by atoms with Crippen molar-refractivity contribution in [3.63, 3.8) is 0 Å².